The maximum absolute atomic E-state index is 15.1. The second-order valence-corrected chi connectivity index (χ2v) is 7.09. The van der Waals surface area contributed by atoms with Crippen LogP contribution in [0, 0.1) is 5.92 Å². The fourth-order valence-corrected chi connectivity index (χ4v) is 3.45. The molecule has 9 nitrogen and oxygen atoms in total. The third-order valence-corrected chi connectivity index (χ3v) is 4.95. The number of aromatic nitrogens is 2. The predicted octanol–water partition coefficient (Wildman–Crippen LogP) is 1.50. The number of para-hydroxylation sites is 1. The quantitative estimate of drug-likeness (QED) is 0.700. The summed E-state index contributed by atoms with van der Waals surface area (Å²) in [4.78, 5) is 15.5. The van der Waals surface area contributed by atoms with Crippen LogP contribution in [0.1, 0.15) is 13.2 Å². The summed E-state index contributed by atoms with van der Waals surface area (Å²) >= 11 is 0. The van der Waals surface area contributed by atoms with Gasteiger partial charge in [0, 0.05) is 12.1 Å². The molecule has 1 fully saturated rings. The number of hydrogen-bond acceptors (Lipinski definition) is 8. The van der Waals surface area contributed by atoms with Crippen molar-refractivity contribution in [3.05, 3.63) is 53.1 Å². The highest BCUT2D eigenvalue weighted by Gasteiger charge is 2.55. The summed E-state index contributed by atoms with van der Waals surface area (Å²) in [5.41, 5.74) is 4.69. The topological polar surface area (TPSA) is 126 Å². The number of halogens is 1. The monoisotopic (exact) mass is 399 g/mol. The van der Waals surface area contributed by atoms with Crippen LogP contribution in [0.5, 0.6) is 5.75 Å². The van der Waals surface area contributed by atoms with Gasteiger partial charge in [0.2, 0.25) is 0 Å². The maximum Gasteiger partial charge on any atom is 0.368 e. The van der Waals surface area contributed by atoms with E-state index in [-0.39, 0.29) is 5.82 Å². The van der Waals surface area contributed by atoms with Crippen LogP contribution in [0.15, 0.2) is 47.4 Å². The molecule has 2 heterocycles. The van der Waals surface area contributed by atoms with Crippen LogP contribution in [0.2, 0.25) is 0 Å². The van der Waals surface area contributed by atoms with E-state index in [1.165, 1.54) is 19.2 Å². The lowest BCUT2D eigenvalue weighted by molar-refractivity contribution is -0.203. The fraction of sp³-hybridized carbons (Fsp3) is 0.375. The van der Waals surface area contributed by atoms with Gasteiger partial charge in [-0.1, -0.05) is 25.1 Å². The van der Waals surface area contributed by atoms with Crippen LogP contribution >= 0.6 is 8.25 Å². The van der Waals surface area contributed by atoms with E-state index >= 15 is 4.39 Å². The first-order chi connectivity index (χ1) is 12.8. The van der Waals surface area contributed by atoms with Crippen molar-refractivity contribution in [2.24, 2.45) is 5.92 Å². The highest BCUT2D eigenvalue weighted by molar-refractivity contribution is 7.33. The Morgan fingerprint density at radius 3 is 2.78 bits per heavy atom. The lowest BCUT2D eigenvalue weighted by Gasteiger charge is -2.23. The number of nitrogens with zero attached hydrogens (tertiary/aromatic N) is 2. The van der Waals surface area contributed by atoms with E-state index in [1.54, 1.807) is 30.3 Å². The molecule has 0 bridgehead atoms. The Kier molecular flexibility index (Phi) is 5.61. The molecule has 0 spiro atoms. The van der Waals surface area contributed by atoms with E-state index in [4.69, 9.17) is 19.5 Å². The molecule has 1 unspecified atom stereocenters. The number of benzene rings is 1. The zero-order chi connectivity index (χ0) is 19.6. The lowest BCUT2D eigenvalue weighted by atomic mass is 10.0. The second kappa shape index (κ2) is 7.77. The molecule has 11 heteroatoms. The first kappa shape index (κ1) is 19.5. The number of nitrogen functional groups attached to an aromatic ring is 1. The van der Waals surface area contributed by atoms with Crippen LogP contribution in [0.4, 0.5) is 10.2 Å². The van der Waals surface area contributed by atoms with Crippen molar-refractivity contribution >= 4 is 14.1 Å². The van der Waals surface area contributed by atoms with E-state index in [2.05, 4.69) is 4.98 Å². The largest absolute Gasteiger partial charge is 0.426 e. The summed E-state index contributed by atoms with van der Waals surface area (Å²) in [7, 11) is -3.08. The molecule has 1 saturated heterocycles. The summed E-state index contributed by atoms with van der Waals surface area (Å²) in [5, 5.41) is 10.2. The Morgan fingerprint density at radius 1 is 1.41 bits per heavy atom. The van der Waals surface area contributed by atoms with Crippen LogP contribution in [-0.4, -0.2) is 33.2 Å². The lowest BCUT2D eigenvalue weighted by Crippen LogP contribution is -2.40. The van der Waals surface area contributed by atoms with Crippen LogP contribution in [-0.2, 0) is 13.8 Å². The van der Waals surface area contributed by atoms with E-state index in [9.17, 15) is 14.5 Å². The molecule has 3 N–H and O–H groups in total. The molecule has 0 saturated carbocycles. The van der Waals surface area contributed by atoms with Gasteiger partial charge in [-0.05, 0) is 18.2 Å². The standard InChI is InChI=1S/C16H19FN3O6P/c1-10-13(21)16(17,9-24-27(23)26-11-5-3-2-4-6-11)25-14(10)20-8-7-12(18)19-15(20)22/h2-8,10,13-14,21,27H,9H2,1H3,(H2,18,19,22)/t10-,13-,14+,16+/m0/s1. The summed E-state index contributed by atoms with van der Waals surface area (Å²) in [6, 6.07) is 9.59. The molecule has 146 valence electrons. The van der Waals surface area contributed by atoms with Gasteiger partial charge in [-0.3, -0.25) is 9.09 Å². The highest BCUT2D eigenvalue weighted by atomic mass is 31.1. The molecule has 0 amide bonds. The van der Waals surface area contributed by atoms with E-state index in [0.717, 1.165) is 4.57 Å². The minimum Gasteiger partial charge on any atom is -0.426 e. The number of rotatable bonds is 6. The van der Waals surface area contributed by atoms with Crippen molar-refractivity contribution in [2.45, 2.75) is 25.1 Å². The van der Waals surface area contributed by atoms with E-state index in [1.807, 2.05) is 0 Å². The molecule has 1 aromatic heterocycles. The molecule has 0 radical (unpaired) electrons. The van der Waals surface area contributed by atoms with Crippen molar-refractivity contribution in [2.75, 3.05) is 12.3 Å². The molecule has 0 aliphatic carbocycles. The SMILES string of the molecule is C[C@@H]1[C@H](n2ccc(N)nc2=O)O[C@](F)(CO[PH](=O)Oc2ccccc2)[C@H]1O. The maximum atomic E-state index is 15.1. The Morgan fingerprint density at radius 2 is 2.11 bits per heavy atom. The van der Waals surface area contributed by atoms with Crippen LogP contribution < -0.4 is 15.9 Å². The predicted molar refractivity (Wildman–Crippen MR) is 94.1 cm³/mol. The van der Waals surface area contributed by atoms with E-state index < -0.39 is 44.7 Å². The number of aliphatic hydroxyl groups excluding tert-OH is 1. The van der Waals surface area contributed by atoms with Gasteiger partial charge in [0.25, 0.3) is 5.85 Å². The van der Waals surface area contributed by atoms with Gasteiger partial charge in [-0.25, -0.2) is 13.8 Å². The second-order valence-electron chi connectivity index (χ2n) is 6.09. The van der Waals surface area contributed by atoms with Crippen molar-refractivity contribution in [3.63, 3.8) is 0 Å². The summed E-state index contributed by atoms with van der Waals surface area (Å²) < 4.78 is 43.2. The molecule has 3 rings (SSSR count). The number of alkyl halides is 1. The molecule has 1 aromatic carbocycles. The van der Waals surface area contributed by atoms with Gasteiger partial charge in [0.15, 0.2) is 0 Å². The zero-order valence-electron chi connectivity index (χ0n) is 14.3. The Labute approximate surface area is 154 Å². The average molecular weight is 399 g/mol. The first-order valence-corrected chi connectivity index (χ1v) is 9.32. The molecule has 2 aromatic rings. The van der Waals surface area contributed by atoms with Gasteiger partial charge in [-0.15, -0.1) is 0 Å². The number of aliphatic hydroxyl groups is 1. The van der Waals surface area contributed by atoms with Crippen molar-refractivity contribution < 1.29 is 27.8 Å². The van der Waals surface area contributed by atoms with E-state index in [0.29, 0.717) is 5.75 Å². The first-order valence-electron chi connectivity index (χ1n) is 8.09. The van der Waals surface area contributed by atoms with Gasteiger partial charge >= 0.3 is 13.9 Å². The highest BCUT2D eigenvalue weighted by Crippen LogP contribution is 2.43. The zero-order valence-corrected chi connectivity index (χ0v) is 15.3. The number of ether oxygens (including phenoxy) is 1. The molecule has 1 aliphatic heterocycles. The number of hydrogen-bond donors (Lipinski definition) is 2. The summed E-state index contributed by atoms with van der Waals surface area (Å²) in [5.74, 6) is -3.17. The average Bonchev–Trinajstić information content (AvgIpc) is 2.86. The van der Waals surface area contributed by atoms with Crippen molar-refractivity contribution in [1.29, 1.82) is 0 Å². The third-order valence-electron chi connectivity index (χ3n) is 4.16. The van der Waals surface area contributed by atoms with Crippen molar-refractivity contribution in [3.8, 4) is 5.75 Å². The van der Waals surface area contributed by atoms with Gasteiger partial charge in [0.1, 0.15) is 30.5 Å². The fourth-order valence-electron chi connectivity index (χ4n) is 2.75. The molecular formula is C16H19FN3O6P. The smallest absolute Gasteiger partial charge is 0.368 e. The van der Waals surface area contributed by atoms with Gasteiger partial charge in [0.05, 0.1) is 0 Å². The Balaban J connectivity index is 1.68. The van der Waals surface area contributed by atoms with Crippen molar-refractivity contribution in [1.82, 2.24) is 9.55 Å². The molecule has 27 heavy (non-hydrogen) atoms. The molecule has 1 aliphatic rings. The Bertz CT molecular complexity index is 882. The van der Waals surface area contributed by atoms with Gasteiger partial charge < -0.3 is 20.1 Å². The van der Waals surface area contributed by atoms with Crippen LogP contribution in [0.3, 0.4) is 0 Å². The number of nitrogens with two attached hydrogens (primary N) is 1. The normalized spacial score (nSPS) is 28.8. The molecular weight excluding hydrogens is 380 g/mol. The summed E-state index contributed by atoms with van der Waals surface area (Å²) in [6.45, 7) is 0.666. The Hall–Kier alpha value is -2.26. The van der Waals surface area contributed by atoms with Gasteiger partial charge in [-0.2, -0.15) is 4.98 Å². The summed E-state index contributed by atoms with van der Waals surface area (Å²) in [6.07, 6.45) is -1.46. The third kappa shape index (κ3) is 4.19. The minimum absolute atomic E-state index is 0.00829. The number of anilines is 1. The minimum atomic E-state index is -3.08. The van der Waals surface area contributed by atoms with Crippen LogP contribution in [0.25, 0.3) is 0 Å². The molecule has 5 atom stereocenters.